The molecule has 0 aliphatic rings. The molecule has 0 fully saturated rings. The molecule has 1 N–H and O–H groups in total. The third-order valence-electron chi connectivity index (χ3n) is 6.12. The molecule has 0 saturated carbocycles. The highest BCUT2D eigenvalue weighted by Crippen LogP contribution is 2.27. The number of amides is 1. The minimum absolute atomic E-state index is 0.0774. The summed E-state index contributed by atoms with van der Waals surface area (Å²) in [6.45, 7) is 5.45. The van der Waals surface area contributed by atoms with Crippen LogP contribution in [0, 0.1) is 12.8 Å². The molecule has 0 unspecified atom stereocenters. The SMILES string of the molecule is CC[C@H](C)[C@@H](NC(=O)OCc1ccccc1)C(=O)Oc1ccc2c(=O)c(Oc3ccccc3)c(C)oc2c1. The molecule has 0 aliphatic carbocycles. The van der Waals surface area contributed by atoms with E-state index in [0.29, 0.717) is 12.2 Å². The molecule has 1 amide bonds. The van der Waals surface area contributed by atoms with Gasteiger partial charge in [0.05, 0.1) is 5.39 Å². The Balaban J connectivity index is 1.48. The highest BCUT2D eigenvalue weighted by Gasteiger charge is 2.29. The van der Waals surface area contributed by atoms with Crippen LogP contribution in [0.15, 0.2) is 88.1 Å². The fourth-order valence-corrected chi connectivity index (χ4v) is 3.80. The molecule has 0 bridgehead atoms. The van der Waals surface area contributed by atoms with Crippen LogP contribution in [0.25, 0.3) is 11.0 Å². The van der Waals surface area contributed by atoms with Gasteiger partial charge in [-0.05, 0) is 42.7 Å². The summed E-state index contributed by atoms with van der Waals surface area (Å²) in [6, 6.07) is 21.7. The summed E-state index contributed by atoms with van der Waals surface area (Å²) in [5, 5.41) is 2.90. The van der Waals surface area contributed by atoms with E-state index in [2.05, 4.69) is 5.32 Å². The number of carbonyl (C=O) groups is 2. The topological polar surface area (TPSA) is 104 Å². The molecule has 2 atom stereocenters. The highest BCUT2D eigenvalue weighted by atomic mass is 16.6. The van der Waals surface area contributed by atoms with Crippen molar-refractivity contribution in [1.82, 2.24) is 5.32 Å². The molecular formula is C30H29NO7. The summed E-state index contributed by atoms with van der Waals surface area (Å²) in [6.07, 6.45) is -0.100. The average molecular weight is 516 g/mol. The molecule has 0 radical (unpaired) electrons. The lowest BCUT2D eigenvalue weighted by Crippen LogP contribution is -2.47. The quantitative estimate of drug-likeness (QED) is 0.211. The zero-order valence-corrected chi connectivity index (χ0v) is 21.4. The third-order valence-corrected chi connectivity index (χ3v) is 6.12. The van der Waals surface area contributed by atoms with Crippen molar-refractivity contribution in [2.45, 2.75) is 39.8 Å². The number of fused-ring (bicyclic) bond motifs is 1. The van der Waals surface area contributed by atoms with E-state index in [1.165, 1.54) is 18.2 Å². The number of benzene rings is 3. The number of ether oxygens (including phenoxy) is 3. The van der Waals surface area contributed by atoms with E-state index < -0.39 is 18.1 Å². The van der Waals surface area contributed by atoms with Gasteiger partial charge in [0.15, 0.2) is 0 Å². The maximum atomic E-state index is 13.1. The number of aryl methyl sites for hydroxylation is 1. The van der Waals surface area contributed by atoms with Crippen molar-refractivity contribution in [1.29, 1.82) is 0 Å². The zero-order valence-electron chi connectivity index (χ0n) is 21.4. The standard InChI is InChI=1S/C30H29NO7/c1-4-19(2)26(31-30(34)35-18-21-11-7-5-8-12-21)29(33)38-23-15-16-24-25(17-23)36-20(3)28(27(24)32)37-22-13-9-6-10-14-22/h5-17,19,26H,4,18H2,1-3H3,(H,31,34)/t19-,26+/m0/s1. The molecule has 196 valence electrons. The summed E-state index contributed by atoms with van der Waals surface area (Å²) in [5.74, 6) is 0.190. The first kappa shape index (κ1) is 26.5. The number of esters is 1. The first-order chi connectivity index (χ1) is 18.4. The van der Waals surface area contributed by atoms with Gasteiger partial charge < -0.3 is 23.9 Å². The molecular weight excluding hydrogens is 486 g/mol. The zero-order chi connectivity index (χ0) is 27.1. The maximum Gasteiger partial charge on any atom is 0.408 e. The lowest BCUT2D eigenvalue weighted by Gasteiger charge is -2.22. The van der Waals surface area contributed by atoms with Crippen molar-refractivity contribution in [3.8, 4) is 17.2 Å². The van der Waals surface area contributed by atoms with Crippen LogP contribution < -0.4 is 20.2 Å². The Bertz CT molecular complexity index is 1460. The number of carbonyl (C=O) groups excluding carboxylic acids is 2. The largest absolute Gasteiger partial charge is 0.457 e. The van der Waals surface area contributed by atoms with Crippen LogP contribution in [0.3, 0.4) is 0 Å². The minimum Gasteiger partial charge on any atom is -0.457 e. The van der Waals surface area contributed by atoms with Crippen LogP contribution in [0.1, 0.15) is 31.6 Å². The summed E-state index contributed by atoms with van der Waals surface area (Å²) in [7, 11) is 0. The van der Waals surface area contributed by atoms with E-state index in [1.807, 2.05) is 50.2 Å². The Kier molecular flexibility index (Phi) is 8.43. The Hall–Kier alpha value is -4.59. The van der Waals surface area contributed by atoms with Gasteiger partial charge in [0, 0.05) is 6.07 Å². The molecule has 0 saturated heterocycles. The van der Waals surface area contributed by atoms with Gasteiger partial charge in [-0.15, -0.1) is 0 Å². The van der Waals surface area contributed by atoms with E-state index in [9.17, 15) is 14.4 Å². The molecule has 4 rings (SSSR count). The lowest BCUT2D eigenvalue weighted by atomic mass is 9.99. The van der Waals surface area contributed by atoms with Crippen molar-refractivity contribution in [2.24, 2.45) is 5.92 Å². The van der Waals surface area contributed by atoms with Crippen LogP contribution in [0.4, 0.5) is 4.79 Å². The highest BCUT2D eigenvalue weighted by molar-refractivity contribution is 5.85. The Morgan fingerprint density at radius 2 is 1.63 bits per heavy atom. The van der Waals surface area contributed by atoms with Crippen molar-refractivity contribution in [3.05, 3.63) is 100 Å². The minimum atomic E-state index is -0.936. The van der Waals surface area contributed by atoms with E-state index in [4.69, 9.17) is 18.6 Å². The summed E-state index contributed by atoms with van der Waals surface area (Å²) < 4.78 is 22.4. The monoisotopic (exact) mass is 515 g/mol. The van der Waals surface area contributed by atoms with Crippen LogP contribution in [0.2, 0.25) is 0 Å². The van der Waals surface area contributed by atoms with E-state index in [-0.39, 0.29) is 46.2 Å². The van der Waals surface area contributed by atoms with Crippen LogP contribution in [-0.4, -0.2) is 18.1 Å². The van der Waals surface area contributed by atoms with Crippen LogP contribution in [0.5, 0.6) is 17.2 Å². The number of hydrogen-bond donors (Lipinski definition) is 1. The molecule has 8 nitrogen and oxygen atoms in total. The predicted octanol–water partition coefficient (Wildman–Crippen LogP) is 6.14. The molecule has 4 aromatic rings. The van der Waals surface area contributed by atoms with Crippen molar-refractivity contribution in [3.63, 3.8) is 0 Å². The third kappa shape index (κ3) is 6.39. The van der Waals surface area contributed by atoms with Gasteiger partial charge in [0.2, 0.25) is 11.2 Å². The van der Waals surface area contributed by atoms with Gasteiger partial charge in [0.25, 0.3) is 0 Å². The number of hydrogen-bond acceptors (Lipinski definition) is 7. The summed E-state index contributed by atoms with van der Waals surface area (Å²) >= 11 is 0. The number of rotatable bonds is 9. The predicted molar refractivity (Wildman–Crippen MR) is 142 cm³/mol. The second kappa shape index (κ2) is 12.1. The lowest BCUT2D eigenvalue weighted by molar-refractivity contribution is -0.138. The van der Waals surface area contributed by atoms with Crippen molar-refractivity contribution < 1.29 is 28.2 Å². The number of nitrogens with one attached hydrogen (secondary N) is 1. The molecule has 0 spiro atoms. The van der Waals surface area contributed by atoms with E-state index in [1.54, 1.807) is 31.2 Å². The summed E-state index contributed by atoms with van der Waals surface area (Å²) in [4.78, 5) is 38.5. The fourth-order valence-electron chi connectivity index (χ4n) is 3.80. The second-order valence-electron chi connectivity index (χ2n) is 8.88. The van der Waals surface area contributed by atoms with Gasteiger partial charge in [-0.25, -0.2) is 9.59 Å². The first-order valence-electron chi connectivity index (χ1n) is 12.3. The first-order valence-corrected chi connectivity index (χ1v) is 12.3. The van der Waals surface area contributed by atoms with E-state index in [0.717, 1.165) is 5.56 Å². The Labute approximate surface area is 220 Å². The van der Waals surface area contributed by atoms with Gasteiger partial charge in [-0.2, -0.15) is 0 Å². The van der Waals surface area contributed by atoms with Crippen LogP contribution >= 0.6 is 0 Å². The second-order valence-corrected chi connectivity index (χ2v) is 8.88. The Morgan fingerprint density at radius 1 is 0.947 bits per heavy atom. The molecule has 1 aromatic heterocycles. The molecule has 1 heterocycles. The van der Waals surface area contributed by atoms with Gasteiger partial charge >= 0.3 is 12.1 Å². The normalized spacial score (nSPS) is 12.4. The molecule has 38 heavy (non-hydrogen) atoms. The smallest absolute Gasteiger partial charge is 0.408 e. The number of alkyl carbamates (subject to hydrolysis) is 1. The fraction of sp³-hybridized carbons (Fsp3) is 0.233. The summed E-state index contributed by atoms with van der Waals surface area (Å²) in [5.41, 5.74) is 0.731. The van der Waals surface area contributed by atoms with Gasteiger partial charge in [-0.3, -0.25) is 4.79 Å². The molecule has 3 aromatic carbocycles. The van der Waals surface area contributed by atoms with E-state index >= 15 is 0 Å². The molecule has 8 heteroatoms. The maximum absolute atomic E-state index is 13.1. The van der Waals surface area contributed by atoms with Crippen molar-refractivity contribution >= 4 is 23.0 Å². The van der Waals surface area contributed by atoms with Gasteiger partial charge in [-0.1, -0.05) is 68.8 Å². The Morgan fingerprint density at radius 3 is 2.32 bits per heavy atom. The molecule has 0 aliphatic heterocycles. The van der Waals surface area contributed by atoms with Gasteiger partial charge in [0.1, 0.15) is 35.5 Å². The van der Waals surface area contributed by atoms with Crippen molar-refractivity contribution in [2.75, 3.05) is 0 Å². The number of para-hydroxylation sites is 1. The average Bonchev–Trinajstić information content (AvgIpc) is 2.93. The van der Waals surface area contributed by atoms with Crippen LogP contribution in [-0.2, 0) is 16.1 Å².